The van der Waals surface area contributed by atoms with Gasteiger partial charge in [0.2, 0.25) is 0 Å². The summed E-state index contributed by atoms with van der Waals surface area (Å²) in [4.78, 5) is 11.3. The Morgan fingerprint density at radius 3 is 2.47 bits per heavy atom. The third kappa shape index (κ3) is 2.29. The average molecular weight is 232 g/mol. The fraction of sp³-hybridized carbons (Fsp3) is 0.0833. The Labute approximate surface area is 97.9 Å². The number of hydrogen-bond donors (Lipinski definition) is 3. The van der Waals surface area contributed by atoms with E-state index in [1.54, 1.807) is 36.5 Å². The number of hydrogen-bond acceptors (Lipinski definition) is 3. The van der Waals surface area contributed by atoms with Gasteiger partial charge in [0.15, 0.2) is 6.04 Å². The molecular formula is C12H12N2O3. The summed E-state index contributed by atoms with van der Waals surface area (Å²) in [6, 6.07) is 9.73. The lowest BCUT2D eigenvalue weighted by Crippen LogP contribution is -2.18. The van der Waals surface area contributed by atoms with Crippen molar-refractivity contribution in [2.24, 2.45) is 0 Å². The van der Waals surface area contributed by atoms with Gasteiger partial charge in [0.05, 0.1) is 5.69 Å². The van der Waals surface area contributed by atoms with Crippen LogP contribution in [0, 0.1) is 0 Å². The number of rotatable bonds is 4. The normalized spacial score (nSPS) is 12.1. The Morgan fingerprint density at radius 2 is 1.94 bits per heavy atom. The van der Waals surface area contributed by atoms with Gasteiger partial charge in [-0.25, -0.2) is 4.79 Å². The van der Waals surface area contributed by atoms with Gasteiger partial charge in [-0.15, -0.1) is 0 Å². The number of carboxylic acids is 1. The molecule has 0 saturated carbocycles. The second kappa shape index (κ2) is 4.71. The summed E-state index contributed by atoms with van der Waals surface area (Å²) in [5.41, 5.74) is 3.11. The molecule has 0 aliphatic rings. The van der Waals surface area contributed by atoms with Crippen LogP contribution in [0.5, 0.6) is 0 Å². The molecule has 0 radical (unpaired) electrons. The summed E-state index contributed by atoms with van der Waals surface area (Å²) < 4.78 is 1.52. The summed E-state index contributed by atoms with van der Waals surface area (Å²) in [5.74, 6) is -0.948. The molecule has 0 saturated heterocycles. The molecule has 0 aliphatic carbocycles. The van der Waals surface area contributed by atoms with E-state index in [1.807, 2.05) is 11.5 Å². The Bertz CT molecular complexity index is 507. The van der Waals surface area contributed by atoms with Crippen LogP contribution in [0.1, 0.15) is 11.6 Å². The molecule has 2 rings (SSSR count). The van der Waals surface area contributed by atoms with Crippen molar-refractivity contribution in [3.05, 3.63) is 54.4 Å². The van der Waals surface area contributed by atoms with Crippen molar-refractivity contribution in [1.82, 2.24) is 4.57 Å². The maximum Gasteiger partial charge on any atom is 0.331 e. The van der Waals surface area contributed by atoms with Crippen LogP contribution < -0.4 is 5.48 Å². The third-order valence-electron chi connectivity index (χ3n) is 2.49. The quantitative estimate of drug-likeness (QED) is 0.704. The molecule has 2 aromatic rings. The van der Waals surface area contributed by atoms with Gasteiger partial charge in [0, 0.05) is 12.4 Å². The summed E-state index contributed by atoms with van der Waals surface area (Å²) >= 11 is 0. The average Bonchev–Trinajstić information content (AvgIpc) is 2.79. The van der Waals surface area contributed by atoms with Crippen molar-refractivity contribution < 1.29 is 15.1 Å². The molecule has 1 unspecified atom stereocenters. The topological polar surface area (TPSA) is 74.5 Å². The summed E-state index contributed by atoms with van der Waals surface area (Å²) in [6.45, 7) is 0. The molecular weight excluding hydrogens is 220 g/mol. The van der Waals surface area contributed by atoms with E-state index < -0.39 is 12.0 Å². The van der Waals surface area contributed by atoms with E-state index in [-0.39, 0.29) is 0 Å². The highest BCUT2D eigenvalue weighted by Crippen LogP contribution is 2.21. The first-order valence-corrected chi connectivity index (χ1v) is 5.07. The van der Waals surface area contributed by atoms with Crippen LogP contribution in [-0.4, -0.2) is 20.9 Å². The maximum absolute atomic E-state index is 11.3. The van der Waals surface area contributed by atoms with E-state index >= 15 is 0 Å². The Morgan fingerprint density at radius 1 is 1.24 bits per heavy atom. The Kier molecular flexibility index (Phi) is 3.11. The molecule has 1 aromatic carbocycles. The molecule has 5 heteroatoms. The lowest BCUT2D eigenvalue weighted by atomic mass is 10.1. The fourth-order valence-corrected chi connectivity index (χ4v) is 1.72. The molecule has 0 bridgehead atoms. The minimum Gasteiger partial charge on any atom is -0.479 e. The van der Waals surface area contributed by atoms with E-state index in [4.69, 9.17) is 5.21 Å². The van der Waals surface area contributed by atoms with E-state index in [0.717, 1.165) is 0 Å². The van der Waals surface area contributed by atoms with Crippen molar-refractivity contribution >= 4 is 11.7 Å². The van der Waals surface area contributed by atoms with Crippen molar-refractivity contribution in [3.8, 4) is 0 Å². The van der Waals surface area contributed by atoms with E-state index in [9.17, 15) is 9.90 Å². The largest absolute Gasteiger partial charge is 0.479 e. The second-order valence-electron chi connectivity index (χ2n) is 3.61. The SMILES string of the molecule is O=C(O)C(c1ccccc1)n1ccc(NO)c1. The first-order chi connectivity index (χ1) is 8.22. The van der Waals surface area contributed by atoms with Gasteiger partial charge in [-0.3, -0.25) is 10.7 Å². The summed E-state index contributed by atoms with van der Waals surface area (Å²) in [6.07, 6.45) is 3.14. The second-order valence-corrected chi connectivity index (χ2v) is 3.61. The predicted molar refractivity (Wildman–Crippen MR) is 62.1 cm³/mol. The van der Waals surface area contributed by atoms with Crippen LogP contribution in [0.25, 0.3) is 0 Å². The van der Waals surface area contributed by atoms with Crippen LogP contribution in [0.4, 0.5) is 5.69 Å². The van der Waals surface area contributed by atoms with Gasteiger partial charge >= 0.3 is 5.97 Å². The lowest BCUT2D eigenvalue weighted by molar-refractivity contribution is -0.139. The minimum absolute atomic E-state index is 0.451. The third-order valence-corrected chi connectivity index (χ3v) is 2.49. The van der Waals surface area contributed by atoms with Crippen LogP contribution in [0.3, 0.4) is 0 Å². The smallest absolute Gasteiger partial charge is 0.331 e. The molecule has 1 atom stereocenters. The highest BCUT2D eigenvalue weighted by Gasteiger charge is 2.21. The predicted octanol–water partition coefficient (Wildman–Crippen LogP) is 1.96. The zero-order chi connectivity index (χ0) is 12.3. The molecule has 0 fully saturated rings. The van der Waals surface area contributed by atoms with Gasteiger partial charge in [0.1, 0.15) is 0 Å². The fourth-order valence-electron chi connectivity index (χ4n) is 1.72. The zero-order valence-corrected chi connectivity index (χ0v) is 8.95. The van der Waals surface area contributed by atoms with Crippen molar-refractivity contribution in [1.29, 1.82) is 0 Å². The molecule has 17 heavy (non-hydrogen) atoms. The number of anilines is 1. The van der Waals surface area contributed by atoms with Crippen molar-refractivity contribution in [3.63, 3.8) is 0 Å². The number of aromatic nitrogens is 1. The van der Waals surface area contributed by atoms with Crippen molar-refractivity contribution in [2.45, 2.75) is 6.04 Å². The van der Waals surface area contributed by atoms with Crippen LogP contribution >= 0.6 is 0 Å². The first-order valence-electron chi connectivity index (χ1n) is 5.07. The zero-order valence-electron chi connectivity index (χ0n) is 8.95. The molecule has 1 heterocycles. The first kappa shape index (κ1) is 11.2. The van der Waals surface area contributed by atoms with Crippen LogP contribution in [0.15, 0.2) is 48.8 Å². The Hall–Kier alpha value is -2.27. The van der Waals surface area contributed by atoms with E-state index in [1.165, 1.54) is 10.8 Å². The molecule has 1 aromatic heterocycles. The molecule has 0 spiro atoms. The van der Waals surface area contributed by atoms with Gasteiger partial charge < -0.3 is 9.67 Å². The molecule has 88 valence electrons. The number of carboxylic acid groups (broad SMARTS) is 1. The van der Waals surface area contributed by atoms with Crippen molar-refractivity contribution in [2.75, 3.05) is 5.48 Å². The number of aliphatic carboxylic acids is 1. The van der Waals surface area contributed by atoms with Gasteiger partial charge in [0.25, 0.3) is 0 Å². The highest BCUT2D eigenvalue weighted by atomic mass is 16.5. The lowest BCUT2D eigenvalue weighted by Gasteiger charge is -2.14. The number of nitrogens with one attached hydrogen (secondary N) is 1. The standard InChI is InChI=1S/C12H12N2O3/c15-12(16)11(9-4-2-1-3-5-9)14-7-6-10(8-14)13-17/h1-8,11,13,17H,(H,15,16). The van der Waals surface area contributed by atoms with Gasteiger partial charge in [-0.2, -0.15) is 0 Å². The summed E-state index contributed by atoms with van der Waals surface area (Å²) in [7, 11) is 0. The molecule has 0 aliphatic heterocycles. The Balaban J connectivity index is 2.39. The highest BCUT2D eigenvalue weighted by molar-refractivity contribution is 5.76. The molecule has 3 N–H and O–H groups in total. The minimum atomic E-state index is -0.948. The number of benzene rings is 1. The van der Waals surface area contributed by atoms with E-state index in [0.29, 0.717) is 11.3 Å². The van der Waals surface area contributed by atoms with Gasteiger partial charge in [-0.05, 0) is 11.6 Å². The maximum atomic E-state index is 11.3. The molecule has 0 amide bonds. The molecule has 5 nitrogen and oxygen atoms in total. The number of nitrogens with zero attached hydrogens (tertiary/aromatic N) is 1. The van der Waals surface area contributed by atoms with Gasteiger partial charge in [-0.1, -0.05) is 30.3 Å². The van der Waals surface area contributed by atoms with E-state index in [2.05, 4.69) is 0 Å². The summed E-state index contributed by atoms with van der Waals surface area (Å²) in [5, 5.41) is 18.0. The monoisotopic (exact) mass is 232 g/mol. The van der Waals surface area contributed by atoms with Crippen LogP contribution in [-0.2, 0) is 4.79 Å². The van der Waals surface area contributed by atoms with Crippen LogP contribution in [0.2, 0.25) is 0 Å². The number of carbonyl (C=O) groups is 1.